The first-order valence-electron chi connectivity index (χ1n) is 6.26. The Kier molecular flexibility index (Phi) is 5.98. The molecule has 0 aliphatic heterocycles. The molecule has 1 aromatic carbocycles. The van der Waals surface area contributed by atoms with E-state index in [0.717, 1.165) is 0 Å². The first-order valence-corrected chi connectivity index (χ1v) is 8.12. The quantitative estimate of drug-likeness (QED) is 0.809. The minimum Gasteiger partial charge on any atom is -0.481 e. The molecule has 112 valence electrons. The van der Waals surface area contributed by atoms with Crippen molar-refractivity contribution >= 4 is 27.6 Å². The number of rotatable bonds is 7. The summed E-state index contributed by atoms with van der Waals surface area (Å²) >= 11 is 5.80. The van der Waals surface area contributed by atoms with Gasteiger partial charge in [-0.3, -0.25) is 4.79 Å². The van der Waals surface area contributed by atoms with Crippen molar-refractivity contribution in [3.63, 3.8) is 0 Å². The molecular weight excluding hydrogens is 302 g/mol. The minimum absolute atomic E-state index is 0.119. The molecule has 0 amide bonds. The third-order valence-corrected chi connectivity index (χ3v) is 4.72. The molecule has 0 saturated carbocycles. The Morgan fingerprint density at radius 3 is 2.60 bits per heavy atom. The standard InChI is InChI=1S/C13H18ClNO4S/c1-3-4-11(8-13(16)17)15-20(18,19)12-6-5-10(14)7-9(12)2/h5-7,11,15H,3-4,8H2,1-2H3,(H,16,17). The number of nitrogens with one attached hydrogen (secondary N) is 1. The van der Waals surface area contributed by atoms with Crippen molar-refractivity contribution in [2.45, 2.75) is 44.0 Å². The normalized spacial score (nSPS) is 13.2. The summed E-state index contributed by atoms with van der Waals surface area (Å²) in [4.78, 5) is 10.9. The van der Waals surface area contributed by atoms with Gasteiger partial charge in [-0.2, -0.15) is 0 Å². The van der Waals surface area contributed by atoms with E-state index in [-0.39, 0.29) is 11.3 Å². The second-order valence-electron chi connectivity index (χ2n) is 4.61. The van der Waals surface area contributed by atoms with Gasteiger partial charge in [0.15, 0.2) is 0 Å². The summed E-state index contributed by atoms with van der Waals surface area (Å²) in [6.07, 6.45) is 0.929. The highest BCUT2D eigenvalue weighted by atomic mass is 35.5. The summed E-state index contributed by atoms with van der Waals surface area (Å²) in [5, 5.41) is 9.27. The van der Waals surface area contributed by atoms with Gasteiger partial charge in [0.2, 0.25) is 10.0 Å². The Balaban J connectivity index is 2.99. The van der Waals surface area contributed by atoms with Gasteiger partial charge in [-0.1, -0.05) is 24.9 Å². The molecule has 1 unspecified atom stereocenters. The second-order valence-corrected chi connectivity index (χ2v) is 6.73. The molecule has 0 radical (unpaired) electrons. The average molecular weight is 320 g/mol. The maximum Gasteiger partial charge on any atom is 0.304 e. The average Bonchev–Trinajstić information content (AvgIpc) is 2.26. The van der Waals surface area contributed by atoms with Crippen LogP contribution in [0.3, 0.4) is 0 Å². The van der Waals surface area contributed by atoms with E-state index in [1.165, 1.54) is 12.1 Å². The number of carboxylic acids is 1. The molecule has 0 fully saturated rings. The lowest BCUT2D eigenvalue weighted by atomic mass is 10.1. The Bertz CT molecular complexity index is 586. The number of sulfonamides is 1. The predicted molar refractivity (Wildman–Crippen MR) is 77.5 cm³/mol. The van der Waals surface area contributed by atoms with Crippen LogP contribution < -0.4 is 4.72 Å². The van der Waals surface area contributed by atoms with E-state index >= 15 is 0 Å². The number of carboxylic acid groups (broad SMARTS) is 1. The maximum atomic E-state index is 12.3. The van der Waals surface area contributed by atoms with E-state index in [4.69, 9.17) is 16.7 Å². The summed E-state index contributed by atoms with van der Waals surface area (Å²) in [5.74, 6) is -1.03. The van der Waals surface area contributed by atoms with E-state index < -0.39 is 22.0 Å². The van der Waals surface area contributed by atoms with Crippen LogP contribution in [0.15, 0.2) is 23.1 Å². The van der Waals surface area contributed by atoms with Crippen molar-refractivity contribution in [2.24, 2.45) is 0 Å². The van der Waals surface area contributed by atoms with Gasteiger partial charge in [-0.15, -0.1) is 0 Å². The third kappa shape index (κ3) is 4.77. The maximum absolute atomic E-state index is 12.3. The fourth-order valence-electron chi connectivity index (χ4n) is 1.96. The molecule has 0 saturated heterocycles. The van der Waals surface area contributed by atoms with Gasteiger partial charge < -0.3 is 5.11 Å². The van der Waals surface area contributed by atoms with Crippen molar-refractivity contribution in [3.05, 3.63) is 28.8 Å². The van der Waals surface area contributed by atoms with Crippen molar-refractivity contribution in [1.82, 2.24) is 4.72 Å². The Hall–Kier alpha value is -1.11. The lowest BCUT2D eigenvalue weighted by Crippen LogP contribution is -2.36. The fourth-order valence-corrected chi connectivity index (χ4v) is 3.68. The SMILES string of the molecule is CCCC(CC(=O)O)NS(=O)(=O)c1ccc(Cl)cc1C. The Morgan fingerprint density at radius 2 is 2.10 bits per heavy atom. The molecule has 0 aliphatic rings. The van der Waals surface area contributed by atoms with Crippen LogP contribution in [0.5, 0.6) is 0 Å². The van der Waals surface area contributed by atoms with Gasteiger partial charge in [0.05, 0.1) is 11.3 Å². The van der Waals surface area contributed by atoms with Crippen LogP contribution in [0, 0.1) is 6.92 Å². The number of hydrogen-bond acceptors (Lipinski definition) is 3. The van der Waals surface area contributed by atoms with E-state index in [0.29, 0.717) is 23.4 Å². The third-order valence-electron chi connectivity index (χ3n) is 2.81. The minimum atomic E-state index is -3.75. The highest BCUT2D eigenvalue weighted by Crippen LogP contribution is 2.20. The van der Waals surface area contributed by atoms with Crippen LogP contribution in [-0.2, 0) is 14.8 Å². The largest absolute Gasteiger partial charge is 0.481 e. The Labute approximate surface area is 124 Å². The number of benzene rings is 1. The number of aliphatic carboxylic acids is 1. The van der Waals surface area contributed by atoms with Crippen molar-refractivity contribution in [1.29, 1.82) is 0 Å². The summed E-state index contributed by atoms with van der Waals surface area (Å²) in [7, 11) is -3.75. The molecule has 0 heterocycles. The molecule has 0 aromatic heterocycles. The van der Waals surface area contributed by atoms with Gasteiger partial charge in [-0.25, -0.2) is 13.1 Å². The molecule has 0 aliphatic carbocycles. The zero-order chi connectivity index (χ0) is 15.3. The summed E-state index contributed by atoms with van der Waals surface area (Å²) in [6.45, 7) is 3.52. The molecule has 0 spiro atoms. The summed E-state index contributed by atoms with van der Waals surface area (Å²) < 4.78 is 27.0. The fraction of sp³-hybridized carbons (Fsp3) is 0.462. The van der Waals surface area contributed by atoms with Gasteiger partial charge in [-0.05, 0) is 37.1 Å². The van der Waals surface area contributed by atoms with Crippen LogP contribution in [0.4, 0.5) is 0 Å². The highest BCUT2D eigenvalue weighted by Gasteiger charge is 2.23. The highest BCUT2D eigenvalue weighted by molar-refractivity contribution is 7.89. The van der Waals surface area contributed by atoms with Crippen LogP contribution in [0.25, 0.3) is 0 Å². The van der Waals surface area contributed by atoms with Crippen LogP contribution >= 0.6 is 11.6 Å². The molecule has 1 rings (SSSR count). The molecule has 2 N–H and O–H groups in total. The molecule has 5 nitrogen and oxygen atoms in total. The van der Waals surface area contributed by atoms with Gasteiger partial charge >= 0.3 is 5.97 Å². The molecule has 0 bridgehead atoms. The van der Waals surface area contributed by atoms with Crippen LogP contribution in [0.1, 0.15) is 31.7 Å². The number of aryl methyl sites for hydroxylation is 1. The van der Waals surface area contributed by atoms with Crippen LogP contribution in [0.2, 0.25) is 5.02 Å². The zero-order valence-electron chi connectivity index (χ0n) is 11.4. The van der Waals surface area contributed by atoms with E-state index in [2.05, 4.69) is 4.72 Å². The van der Waals surface area contributed by atoms with Gasteiger partial charge in [0.25, 0.3) is 0 Å². The summed E-state index contributed by atoms with van der Waals surface area (Å²) in [5.41, 5.74) is 0.524. The molecule has 1 aromatic rings. The monoisotopic (exact) mass is 319 g/mol. The van der Waals surface area contributed by atoms with Crippen molar-refractivity contribution < 1.29 is 18.3 Å². The summed E-state index contributed by atoms with van der Waals surface area (Å²) in [6, 6.07) is 3.86. The Morgan fingerprint density at radius 1 is 1.45 bits per heavy atom. The molecule has 1 atom stereocenters. The number of hydrogen-bond donors (Lipinski definition) is 2. The van der Waals surface area contributed by atoms with E-state index in [9.17, 15) is 13.2 Å². The lowest BCUT2D eigenvalue weighted by Gasteiger charge is -2.17. The first kappa shape index (κ1) is 16.9. The second kappa shape index (κ2) is 7.06. The first-order chi connectivity index (χ1) is 9.26. The van der Waals surface area contributed by atoms with Gasteiger partial charge in [0.1, 0.15) is 0 Å². The number of carbonyl (C=O) groups is 1. The lowest BCUT2D eigenvalue weighted by molar-refractivity contribution is -0.137. The predicted octanol–water partition coefficient (Wildman–Crippen LogP) is 2.57. The smallest absolute Gasteiger partial charge is 0.304 e. The van der Waals surface area contributed by atoms with Crippen molar-refractivity contribution in [3.8, 4) is 0 Å². The van der Waals surface area contributed by atoms with E-state index in [1.54, 1.807) is 13.0 Å². The number of halogens is 1. The molecule has 20 heavy (non-hydrogen) atoms. The van der Waals surface area contributed by atoms with Crippen molar-refractivity contribution in [2.75, 3.05) is 0 Å². The topological polar surface area (TPSA) is 83.5 Å². The van der Waals surface area contributed by atoms with E-state index in [1.807, 2.05) is 6.92 Å². The van der Waals surface area contributed by atoms with Gasteiger partial charge in [0, 0.05) is 11.1 Å². The zero-order valence-corrected chi connectivity index (χ0v) is 13.0. The van der Waals surface area contributed by atoms with Crippen LogP contribution in [-0.4, -0.2) is 25.5 Å². The molecule has 7 heteroatoms. The molecular formula is C13H18ClNO4S.